The third-order valence-corrected chi connectivity index (χ3v) is 5.85. The number of imidazole rings is 1. The van der Waals surface area contributed by atoms with E-state index in [4.69, 9.17) is 0 Å². The Kier molecular flexibility index (Phi) is 5.22. The third-order valence-electron chi connectivity index (χ3n) is 5.85. The van der Waals surface area contributed by atoms with E-state index in [1.165, 1.54) is 12.1 Å². The Hall–Kier alpha value is -4.92. The number of aromatic nitrogens is 6. The van der Waals surface area contributed by atoms with Crippen molar-refractivity contribution in [2.75, 3.05) is 5.32 Å². The van der Waals surface area contributed by atoms with Gasteiger partial charge in [0.1, 0.15) is 18.0 Å². The van der Waals surface area contributed by atoms with Gasteiger partial charge in [0, 0.05) is 54.2 Å². The summed E-state index contributed by atoms with van der Waals surface area (Å²) in [6.45, 7) is 0. The lowest BCUT2D eigenvalue weighted by Gasteiger charge is -2.13. The first-order valence-electron chi connectivity index (χ1n) is 11.1. The maximum Gasteiger partial charge on any atom is 0.227 e. The van der Waals surface area contributed by atoms with E-state index in [1.54, 1.807) is 35.5 Å². The van der Waals surface area contributed by atoms with Crippen LogP contribution in [0.2, 0.25) is 0 Å². The number of nitrogens with zero attached hydrogens (tertiary/aromatic N) is 6. The van der Waals surface area contributed by atoms with Gasteiger partial charge in [-0.25, -0.2) is 23.7 Å². The minimum absolute atomic E-state index is 0.276. The van der Waals surface area contributed by atoms with Gasteiger partial charge in [0.25, 0.3) is 0 Å². The summed E-state index contributed by atoms with van der Waals surface area (Å²) in [7, 11) is 1.87. The van der Waals surface area contributed by atoms with Crippen molar-refractivity contribution in [1.82, 2.24) is 29.3 Å². The summed E-state index contributed by atoms with van der Waals surface area (Å²) in [5, 5.41) is 7.41. The fraction of sp³-hybridized carbons (Fsp3) is 0.0370. The van der Waals surface area contributed by atoms with E-state index in [1.807, 2.05) is 54.3 Å². The van der Waals surface area contributed by atoms with Gasteiger partial charge in [-0.1, -0.05) is 6.07 Å². The molecule has 0 unspecified atom stereocenters. The largest absolute Gasteiger partial charge is 0.324 e. The summed E-state index contributed by atoms with van der Waals surface area (Å²) < 4.78 is 32.0. The Morgan fingerprint density at radius 1 is 0.833 bits per heavy atom. The Balaban J connectivity index is 1.48. The van der Waals surface area contributed by atoms with E-state index in [-0.39, 0.29) is 5.56 Å². The Labute approximate surface area is 204 Å². The highest BCUT2D eigenvalue weighted by molar-refractivity contribution is 5.84. The third kappa shape index (κ3) is 4.07. The first-order valence-corrected chi connectivity index (χ1v) is 11.1. The quantitative estimate of drug-likeness (QED) is 0.333. The summed E-state index contributed by atoms with van der Waals surface area (Å²) >= 11 is 0. The molecule has 3 aromatic carbocycles. The Morgan fingerprint density at radius 2 is 1.69 bits per heavy atom. The molecule has 7 nitrogen and oxygen atoms in total. The van der Waals surface area contributed by atoms with Crippen molar-refractivity contribution in [3.63, 3.8) is 0 Å². The molecule has 9 heteroatoms. The number of nitrogens with one attached hydrogen (secondary N) is 1. The zero-order valence-corrected chi connectivity index (χ0v) is 19.1. The standard InChI is InChI=1S/C27H19F2N7/c1-35-15-19(14-33-35)17-3-6-26-25(11-17)32-16-36(26)22-10-18(23-5-4-20(28)12-24(23)29)9-21(13-22)34-27-30-7-2-8-31-27/h2-16H,1H3,(H,30,31,34). The number of anilines is 2. The van der Waals surface area contributed by atoms with Crippen LogP contribution in [0.25, 0.3) is 39.0 Å². The molecular weight excluding hydrogens is 460 g/mol. The van der Waals surface area contributed by atoms with Crippen LogP contribution in [-0.2, 0) is 7.05 Å². The molecule has 0 bridgehead atoms. The highest BCUT2D eigenvalue weighted by atomic mass is 19.1. The second kappa shape index (κ2) is 8.70. The lowest BCUT2D eigenvalue weighted by Crippen LogP contribution is -2.00. The zero-order valence-electron chi connectivity index (χ0n) is 19.1. The van der Waals surface area contributed by atoms with Crippen molar-refractivity contribution in [2.24, 2.45) is 7.05 Å². The fourth-order valence-electron chi connectivity index (χ4n) is 4.16. The molecule has 0 fully saturated rings. The van der Waals surface area contributed by atoms with Crippen LogP contribution >= 0.6 is 0 Å². The van der Waals surface area contributed by atoms with E-state index in [0.29, 0.717) is 17.2 Å². The molecule has 0 aliphatic rings. The number of halogens is 2. The van der Waals surface area contributed by atoms with Crippen molar-refractivity contribution in [3.8, 4) is 27.9 Å². The minimum Gasteiger partial charge on any atom is -0.324 e. The van der Waals surface area contributed by atoms with Gasteiger partial charge < -0.3 is 5.32 Å². The molecule has 6 aromatic rings. The first kappa shape index (κ1) is 21.6. The fourth-order valence-corrected chi connectivity index (χ4v) is 4.16. The Bertz CT molecular complexity index is 1710. The number of benzene rings is 3. The number of rotatable bonds is 5. The van der Waals surface area contributed by atoms with Gasteiger partial charge in [-0.3, -0.25) is 9.25 Å². The highest BCUT2D eigenvalue weighted by Crippen LogP contribution is 2.32. The molecule has 1 N–H and O–H groups in total. The molecule has 3 aromatic heterocycles. The predicted molar refractivity (Wildman–Crippen MR) is 134 cm³/mol. The maximum absolute atomic E-state index is 14.7. The van der Waals surface area contributed by atoms with Crippen LogP contribution in [0, 0.1) is 11.6 Å². The summed E-state index contributed by atoms with van der Waals surface area (Å²) in [5.74, 6) is -0.879. The average molecular weight is 479 g/mol. The van der Waals surface area contributed by atoms with Gasteiger partial charge in [-0.05, 0) is 59.7 Å². The van der Waals surface area contributed by atoms with Crippen molar-refractivity contribution in [1.29, 1.82) is 0 Å². The molecule has 0 atom stereocenters. The number of fused-ring (bicyclic) bond motifs is 1. The van der Waals surface area contributed by atoms with E-state index in [0.717, 1.165) is 33.9 Å². The molecule has 176 valence electrons. The number of hydrogen-bond acceptors (Lipinski definition) is 5. The molecule has 3 heterocycles. The van der Waals surface area contributed by atoms with Crippen LogP contribution in [-0.4, -0.2) is 29.3 Å². The number of hydrogen-bond donors (Lipinski definition) is 1. The topological polar surface area (TPSA) is 73.5 Å². The predicted octanol–water partition coefficient (Wildman–Crippen LogP) is 5.90. The van der Waals surface area contributed by atoms with E-state index < -0.39 is 11.6 Å². The molecule has 0 spiro atoms. The van der Waals surface area contributed by atoms with Gasteiger partial charge in [0.15, 0.2) is 0 Å². The molecule has 0 saturated carbocycles. The normalized spacial score (nSPS) is 11.2. The minimum atomic E-state index is -0.648. The van der Waals surface area contributed by atoms with Crippen LogP contribution in [0.15, 0.2) is 91.8 Å². The average Bonchev–Trinajstić information content (AvgIpc) is 3.50. The molecule has 0 aliphatic heterocycles. The summed E-state index contributed by atoms with van der Waals surface area (Å²) in [4.78, 5) is 13.0. The van der Waals surface area contributed by atoms with Crippen molar-refractivity contribution in [2.45, 2.75) is 0 Å². The van der Waals surface area contributed by atoms with Gasteiger partial charge in [-0.15, -0.1) is 0 Å². The molecular formula is C27H19F2N7. The molecule has 6 rings (SSSR count). The zero-order chi connectivity index (χ0) is 24.6. The maximum atomic E-state index is 14.7. The van der Waals surface area contributed by atoms with Crippen LogP contribution in [0.4, 0.5) is 20.4 Å². The molecule has 0 radical (unpaired) electrons. The van der Waals surface area contributed by atoms with Crippen molar-refractivity contribution < 1.29 is 8.78 Å². The Morgan fingerprint density at radius 3 is 2.47 bits per heavy atom. The van der Waals surface area contributed by atoms with Gasteiger partial charge in [0.05, 0.1) is 17.2 Å². The highest BCUT2D eigenvalue weighted by Gasteiger charge is 2.13. The smallest absolute Gasteiger partial charge is 0.227 e. The lowest BCUT2D eigenvalue weighted by atomic mass is 10.0. The molecule has 0 saturated heterocycles. The van der Waals surface area contributed by atoms with Crippen molar-refractivity contribution in [3.05, 3.63) is 103 Å². The van der Waals surface area contributed by atoms with Crippen LogP contribution < -0.4 is 5.32 Å². The van der Waals surface area contributed by atoms with Gasteiger partial charge >= 0.3 is 0 Å². The van der Waals surface area contributed by atoms with Crippen LogP contribution in [0.5, 0.6) is 0 Å². The van der Waals surface area contributed by atoms with Gasteiger partial charge in [0.2, 0.25) is 5.95 Å². The SMILES string of the molecule is Cn1cc(-c2ccc3c(c2)ncn3-c2cc(Nc3ncccn3)cc(-c3ccc(F)cc3F)c2)cn1. The van der Waals surface area contributed by atoms with Crippen LogP contribution in [0.3, 0.4) is 0 Å². The number of aryl methyl sites for hydroxylation is 1. The monoisotopic (exact) mass is 479 g/mol. The van der Waals surface area contributed by atoms with E-state index in [2.05, 4.69) is 25.4 Å². The summed E-state index contributed by atoms with van der Waals surface area (Å²) in [6, 6.07) is 16.8. The molecule has 0 aliphatic carbocycles. The second-order valence-electron chi connectivity index (χ2n) is 8.31. The lowest BCUT2D eigenvalue weighted by molar-refractivity contribution is 0.585. The molecule has 36 heavy (non-hydrogen) atoms. The van der Waals surface area contributed by atoms with Crippen molar-refractivity contribution >= 4 is 22.7 Å². The first-order chi connectivity index (χ1) is 17.5. The second-order valence-corrected chi connectivity index (χ2v) is 8.31. The van der Waals surface area contributed by atoms with E-state index in [9.17, 15) is 8.78 Å². The summed E-state index contributed by atoms with van der Waals surface area (Å²) in [6.07, 6.45) is 8.73. The summed E-state index contributed by atoms with van der Waals surface area (Å²) in [5.41, 5.74) is 5.91. The van der Waals surface area contributed by atoms with Gasteiger partial charge in [-0.2, -0.15) is 5.10 Å². The van der Waals surface area contributed by atoms with Crippen LogP contribution in [0.1, 0.15) is 0 Å². The van der Waals surface area contributed by atoms with E-state index >= 15 is 0 Å². The molecule has 0 amide bonds.